The van der Waals surface area contributed by atoms with Gasteiger partial charge in [0.05, 0.1) is 17.7 Å². The van der Waals surface area contributed by atoms with E-state index in [-0.39, 0.29) is 11.5 Å². The van der Waals surface area contributed by atoms with Gasteiger partial charge in [0.15, 0.2) is 0 Å². The smallest absolute Gasteiger partial charge is 0.335 e. The van der Waals surface area contributed by atoms with Crippen molar-refractivity contribution in [1.29, 1.82) is 0 Å². The largest absolute Gasteiger partial charge is 0.493 e. The molecular formula is C31H30N2O4. The van der Waals surface area contributed by atoms with Crippen LogP contribution in [0.15, 0.2) is 91.3 Å². The van der Waals surface area contributed by atoms with Crippen LogP contribution in [0.4, 0.5) is 0 Å². The van der Waals surface area contributed by atoms with Crippen LogP contribution in [0.2, 0.25) is 0 Å². The molecule has 0 bridgehead atoms. The molecule has 0 saturated carbocycles. The van der Waals surface area contributed by atoms with Gasteiger partial charge in [-0.1, -0.05) is 61.9 Å². The van der Waals surface area contributed by atoms with Gasteiger partial charge in [-0.3, -0.25) is 9.78 Å². The number of benzene rings is 3. The molecule has 1 heterocycles. The van der Waals surface area contributed by atoms with E-state index in [4.69, 9.17) is 9.84 Å². The van der Waals surface area contributed by atoms with E-state index in [1.54, 1.807) is 36.7 Å². The van der Waals surface area contributed by atoms with Crippen LogP contribution >= 0.6 is 0 Å². The average Bonchev–Trinajstić information content (AvgIpc) is 2.94. The lowest BCUT2D eigenvalue weighted by atomic mass is 10.0. The summed E-state index contributed by atoms with van der Waals surface area (Å²) in [7, 11) is 0. The number of nitrogens with zero attached hydrogens (tertiary/aromatic N) is 1. The predicted octanol–water partition coefficient (Wildman–Crippen LogP) is 6.27. The molecule has 6 nitrogen and oxygen atoms in total. The Kier molecular flexibility index (Phi) is 8.66. The number of carboxylic acids is 1. The Balaban J connectivity index is 1.40. The SMILES string of the molecule is CCCCOc1ccc(-c2cccnc2)cc1C(=O)NCCc1ccc(-c2ccc(C(=O)O)cc2)cc1. The van der Waals surface area contributed by atoms with Crippen molar-refractivity contribution >= 4 is 11.9 Å². The molecule has 4 rings (SSSR count). The second-order valence-corrected chi connectivity index (χ2v) is 8.74. The fourth-order valence-electron chi connectivity index (χ4n) is 3.96. The van der Waals surface area contributed by atoms with Gasteiger partial charge in [0.1, 0.15) is 5.75 Å². The number of carbonyl (C=O) groups is 2. The summed E-state index contributed by atoms with van der Waals surface area (Å²) < 4.78 is 5.92. The number of ether oxygens (including phenoxy) is 1. The van der Waals surface area contributed by atoms with Gasteiger partial charge in [-0.05, 0) is 65.4 Å². The van der Waals surface area contributed by atoms with Gasteiger partial charge in [-0.15, -0.1) is 0 Å². The molecule has 4 aromatic rings. The van der Waals surface area contributed by atoms with E-state index in [2.05, 4.69) is 17.2 Å². The molecule has 0 aliphatic rings. The van der Waals surface area contributed by atoms with E-state index < -0.39 is 5.97 Å². The highest BCUT2D eigenvalue weighted by atomic mass is 16.5. The summed E-state index contributed by atoms with van der Waals surface area (Å²) in [6.07, 6.45) is 6.12. The molecule has 2 N–H and O–H groups in total. The Morgan fingerprint density at radius 2 is 1.59 bits per heavy atom. The molecule has 0 unspecified atom stereocenters. The standard InChI is InChI=1S/C31H30N2O4/c1-2-3-19-37-29-15-14-26(27-5-4-17-32-21-27)20-28(29)30(34)33-18-16-22-6-8-23(9-7-22)24-10-12-25(13-11-24)31(35)36/h4-15,17,20-21H,2-3,16,18-19H2,1H3,(H,33,34)(H,35,36). The zero-order valence-electron chi connectivity index (χ0n) is 20.8. The number of aromatic nitrogens is 1. The number of pyridine rings is 1. The van der Waals surface area contributed by atoms with Crippen molar-refractivity contribution in [2.24, 2.45) is 0 Å². The molecule has 0 aliphatic heterocycles. The Bertz CT molecular complexity index is 1330. The molecule has 37 heavy (non-hydrogen) atoms. The third-order valence-corrected chi connectivity index (χ3v) is 6.09. The molecule has 6 heteroatoms. The highest BCUT2D eigenvalue weighted by molar-refractivity contribution is 5.98. The van der Waals surface area contributed by atoms with Gasteiger partial charge >= 0.3 is 5.97 Å². The number of aromatic carboxylic acids is 1. The normalized spacial score (nSPS) is 10.6. The third kappa shape index (κ3) is 6.82. The molecule has 0 aliphatic carbocycles. The highest BCUT2D eigenvalue weighted by Gasteiger charge is 2.14. The van der Waals surface area contributed by atoms with Crippen molar-refractivity contribution in [2.45, 2.75) is 26.2 Å². The number of unbranched alkanes of at least 4 members (excludes halogenated alkanes) is 1. The fraction of sp³-hybridized carbons (Fsp3) is 0.194. The molecule has 1 aromatic heterocycles. The summed E-state index contributed by atoms with van der Waals surface area (Å²) in [6, 6.07) is 24.4. The molecular weight excluding hydrogens is 464 g/mol. The zero-order valence-corrected chi connectivity index (χ0v) is 20.8. The van der Waals surface area contributed by atoms with Crippen LogP contribution in [0.1, 0.15) is 46.0 Å². The Morgan fingerprint density at radius 1 is 0.892 bits per heavy atom. The quantitative estimate of drug-likeness (QED) is 0.240. The number of carbonyl (C=O) groups excluding carboxylic acids is 1. The van der Waals surface area contributed by atoms with Crippen molar-refractivity contribution in [3.63, 3.8) is 0 Å². The van der Waals surface area contributed by atoms with Crippen LogP contribution in [0.25, 0.3) is 22.3 Å². The first kappa shape index (κ1) is 25.6. The first-order chi connectivity index (χ1) is 18.0. The van der Waals surface area contributed by atoms with E-state index in [1.807, 2.05) is 54.6 Å². The summed E-state index contributed by atoms with van der Waals surface area (Å²) in [5.74, 6) is -0.531. The maximum atomic E-state index is 13.1. The maximum Gasteiger partial charge on any atom is 0.335 e. The van der Waals surface area contributed by atoms with Crippen molar-refractivity contribution in [3.8, 4) is 28.0 Å². The van der Waals surface area contributed by atoms with Crippen molar-refractivity contribution in [3.05, 3.63) is 108 Å². The monoisotopic (exact) mass is 494 g/mol. The Hall–Kier alpha value is -4.45. The van der Waals surface area contributed by atoms with E-state index in [0.717, 1.165) is 40.7 Å². The van der Waals surface area contributed by atoms with Crippen LogP contribution in [0.5, 0.6) is 5.75 Å². The Morgan fingerprint density at radius 3 is 2.24 bits per heavy atom. The first-order valence-electron chi connectivity index (χ1n) is 12.4. The van der Waals surface area contributed by atoms with E-state index in [1.165, 1.54) is 0 Å². The van der Waals surface area contributed by atoms with E-state index >= 15 is 0 Å². The predicted molar refractivity (Wildman–Crippen MR) is 145 cm³/mol. The minimum atomic E-state index is -0.938. The summed E-state index contributed by atoms with van der Waals surface area (Å²) in [5, 5.41) is 12.1. The van der Waals surface area contributed by atoms with Crippen LogP contribution < -0.4 is 10.1 Å². The van der Waals surface area contributed by atoms with Crippen molar-refractivity contribution in [1.82, 2.24) is 10.3 Å². The second-order valence-electron chi connectivity index (χ2n) is 8.74. The lowest BCUT2D eigenvalue weighted by molar-refractivity contribution is 0.0696. The number of hydrogen-bond acceptors (Lipinski definition) is 4. The Labute approximate surface area is 217 Å². The van der Waals surface area contributed by atoms with Gasteiger partial charge in [0.2, 0.25) is 0 Å². The van der Waals surface area contributed by atoms with Gasteiger partial charge in [0.25, 0.3) is 5.91 Å². The third-order valence-electron chi connectivity index (χ3n) is 6.09. The van der Waals surface area contributed by atoms with Crippen LogP contribution in [-0.2, 0) is 6.42 Å². The summed E-state index contributed by atoms with van der Waals surface area (Å²) in [5.41, 5.74) is 5.68. The summed E-state index contributed by atoms with van der Waals surface area (Å²) in [4.78, 5) is 28.4. The molecule has 0 fully saturated rings. The summed E-state index contributed by atoms with van der Waals surface area (Å²) >= 11 is 0. The van der Waals surface area contributed by atoms with Gasteiger partial charge in [-0.2, -0.15) is 0 Å². The molecule has 0 spiro atoms. The number of amides is 1. The van der Waals surface area contributed by atoms with Crippen LogP contribution in [0.3, 0.4) is 0 Å². The van der Waals surface area contributed by atoms with E-state index in [9.17, 15) is 9.59 Å². The lowest BCUT2D eigenvalue weighted by Crippen LogP contribution is -2.26. The molecule has 3 aromatic carbocycles. The molecule has 1 amide bonds. The van der Waals surface area contributed by atoms with Crippen molar-refractivity contribution in [2.75, 3.05) is 13.2 Å². The zero-order chi connectivity index (χ0) is 26.0. The number of rotatable bonds is 11. The second kappa shape index (κ2) is 12.5. The minimum Gasteiger partial charge on any atom is -0.493 e. The highest BCUT2D eigenvalue weighted by Crippen LogP contribution is 2.27. The summed E-state index contributed by atoms with van der Waals surface area (Å²) in [6.45, 7) is 3.15. The molecule has 0 saturated heterocycles. The van der Waals surface area contributed by atoms with Gasteiger partial charge in [0, 0.05) is 24.5 Å². The topological polar surface area (TPSA) is 88.5 Å². The first-order valence-corrected chi connectivity index (χ1v) is 12.4. The molecule has 188 valence electrons. The fourth-order valence-corrected chi connectivity index (χ4v) is 3.96. The molecule has 0 atom stereocenters. The van der Waals surface area contributed by atoms with Gasteiger partial charge < -0.3 is 15.2 Å². The van der Waals surface area contributed by atoms with Crippen LogP contribution in [0, 0.1) is 0 Å². The number of hydrogen-bond donors (Lipinski definition) is 2. The van der Waals surface area contributed by atoms with Crippen LogP contribution in [-0.4, -0.2) is 35.1 Å². The molecule has 0 radical (unpaired) electrons. The lowest BCUT2D eigenvalue weighted by Gasteiger charge is -2.14. The number of nitrogens with one attached hydrogen (secondary N) is 1. The minimum absolute atomic E-state index is 0.174. The average molecular weight is 495 g/mol. The maximum absolute atomic E-state index is 13.1. The van der Waals surface area contributed by atoms with Gasteiger partial charge in [-0.25, -0.2) is 4.79 Å². The number of carboxylic acid groups (broad SMARTS) is 1. The van der Waals surface area contributed by atoms with Crippen molar-refractivity contribution < 1.29 is 19.4 Å². The van der Waals surface area contributed by atoms with E-state index in [0.29, 0.717) is 30.9 Å².